The fraction of sp³-hybridized carbons (Fsp3) is 0.258. The molecule has 10 heteroatoms. The Labute approximate surface area is 243 Å². The van der Waals surface area contributed by atoms with Crippen LogP contribution in [-0.4, -0.2) is 59.6 Å². The molecule has 5 aromatic rings. The van der Waals surface area contributed by atoms with Gasteiger partial charge in [-0.1, -0.05) is 18.2 Å². The molecule has 3 aromatic heterocycles. The van der Waals surface area contributed by atoms with Gasteiger partial charge >= 0.3 is 0 Å². The van der Waals surface area contributed by atoms with Crippen molar-refractivity contribution in [1.82, 2.24) is 19.4 Å². The van der Waals surface area contributed by atoms with Gasteiger partial charge in [0.15, 0.2) is 0 Å². The number of ether oxygens (including phenoxy) is 1. The molecular formula is C31H35N7O2S. The molecule has 3 N–H and O–H groups in total. The molecule has 2 aromatic carbocycles. The topological polar surface area (TPSA) is 96.3 Å². The van der Waals surface area contributed by atoms with Gasteiger partial charge in [-0.15, -0.1) is 11.3 Å². The van der Waals surface area contributed by atoms with Crippen LogP contribution in [0.3, 0.4) is 0 Å². The molecule has 9 nitrogen and oxygen atoms in total. The largest absolute Gasteiger partial charge is 0.494 e. The van der Waals surface area contributed by atoms with Crippen LogP contribution in [0.25, 0.3) is 32.4 Å². The fourth-order valence-electron chi connectivity index (χ4n) is 4.82. The first-order valence-electron chi connectivity index (χ1n) is 13.4. The molecule has 3 heterocycles. The van der Waals surface area contributed by atoms with Gasteiger partial charge in [-0.25, -0.2) is 9.97 Å². The second kappa shape index (κ2) is 12.0. The van der Waals surface area contributed by atoms with Crippen molar-refractivity contribution in [1.29, 1.82) is 0 Å². The highest BCUT2D eigenvalue weighted by Gasteiger charge is 2.18. The molecule has 0 aliphatic heterocycles. The van der Waals surface area contributed by atoms with E-state index in [-0.39, 0.29) is 5.91 Å². The Morgan fingerprint density at radius 1 is 1.15 bits per heavy atom. The molecule has 0 aliphatic carbocycles. The van der Waals surface area contributed by atoms with Crippen LogP contribution < -0.4 is 20.7 Å². The average molecular weight is 570 g/mol. The predicted octanol–water partition coefficient (Wildman–Crippen LogP) is 6.40. The minimum Gasteiger partial charge on any atom is -0.494 e. The van der Waals surface area contributed by atoms with E-state index >= 15 is 0 Å². The zero-order valence-corrected chi connectivity index (χ0v) is 24.9. The molecule has 0 fully saturated rings. The lowest BCUT2D eigenvalue weighted by Crippen LogP contribution is -2.17. The molecule has 0 aliphatic rings. The van der Waals surface area contributed by atoms with Gasteiger partial charge in [0.05, 0.1) is 40.1 Å². The Morgan fingerprint density at radius 2 is 1.98 bits per heavy atom. The van der Waals surface area contributed by atoms with Crippen LogP contribution in [-0.2, 0) is 11.8 Å². The van der Waals surface area contributed by atoms with Crippen molar-refractivity contribution >= 4 is 61.4 Å². The Kier molecular flexibility index (Phi) is 8.23. The number of fused-ring (bicyclic) bond motifs is 2. The van der Waals surface area contributed by atoms with Crippen LogP contribution >= 0.6 is 11.3 Å². The van der Waals surface area contributed by atoms with Crippen molar-refractivity contribution in [2.45, 2.75) is 13.3 Å². The molecule has 1 amide bonds. The number of anilines is 4. The molecule has 0 saturated carbocycles. The third-order valence-corrected chi connectivity index (χ3v) is 7.74. The van der Waals surface area contributed by atoms with E-state index in [0.717, 1.165) is 57.6 Å². The van der Waals surface area contributed by atoms with Gasteiger partial charge in [0.25, 0.3) is 0 Å². The summed E-state index contributed by atoms with van der Waals surface area (Å²) in [6.45, 7) is 7.37. The minimum atomic E-state index is -0.304. The van der Waals surface area contributed by atoms with Gasteiger partial charge in [0.1, 0.15) is 5.75 Å². The summed E-state index contributed by atoms with van der Waals surface area (Å²) in [5, 5.41) is 12.9. The van der Waals surface area contributed by atoms with Crippen LogP contribution in [0.1, 0.15) is 12.0 Å². The van der Waals surface area contributed by atoms with Crippen molar-refractivity contribution in [3.63, 3.8) is 0 Å². The van der Waals surface area contributed by atoms with Crippen molar-refractivity contribution in [2.24, 2.45) is 7.05 Å². The molecule has 0 atom stereocenters. The van der Waals surface area contributed by atoms with E-state index in [2.05, 4.69) is 63.3 Å². The Bertz CT molecular complexity index is 1740. The molecule has 0 radical (unpaired) electrons. The molecular weight excluding hydrogens is 534 g/mol. The summed E-state index contributed by atoms with van der Waals surface area (Å²) >= 11 is 1.62. The summed E-state index contributed by atoms with van der Waals surface area (Å²) in [4.78, 5) is 24.2. The fourth-order valence-corrected chi connectivity index (χ4v) is 5.65. The van der Waals surface area contributed by atoms with Gasteiger partial charge in [-0.05, 0) is 69.7 Å². The molecule has 0 saturated heterocycles. The number of amides is 1. The molecule has 0 unspecified atom stereocenters. The van der Waals surface area contributed by atoms with Crippen molar-refractivity contribution in [3.8, 4) is 17.0 Å². The van der Waals surface area contributed by atoms with E-state index in [9.17, 15) is 4.79 Å². The maximum absolute atomic E-state index is 12.3. The summed E-state index contributed by atoms with van der Waals surface area (Å²) in [7, 11) is 7.75. The van der Waals surface area contributed by atoms with Gasteiger partial charge < -0.3 is 30.2 Å². The van der Waals surface area contributed by atoms with Crippen molar-refractivity contribution < 1.29 is 9.53 Å². The second-order valence-corrected chi connectivity index (χ2v) is 11.1. The predicted molar refractivity (Wildman–Crippen MR) is 171 cm³/mol. The van der Waals surface area contributed by atoms with Crippen molar-refractivity contribution in [2.75, 3.05) is 50.2 Å². The number of aromatic nitrogens is 3. The number of rotatable bonds is 11. The van der Waals surface area contributed by atoms with Crippen molar-refractivity contribution in [3.05, 3.63) is 66.2 Å². The summed E-state index contributed by atoms with van der Waals surface area (Å²) in [6, 6.07) is 12.2. The van der Waals surface area contributed by atoms with Crippen LogP contribution in [0.5, 0.6) is 5.75 Å². The average Bonchev–Trinajstić information content (AvgIpc) is 3.55. The monoisotopic (exact) mass is 569 g/mol. The van der Waals surface area contributed by atoms with Crippen LogP contribution in [0.15, 0.2) is 60.6 Å². The quantitative estimate of drug-likeness (QED) is 0.125. The minimum absolute atomic E-state index is 0.304. The molecule has 212 valence electrons. The van der Waals surface area contributed by atoms with E-state index in [4.69, 9.17) is 14.7 Å². The van der Waals surface area contributed by atoms with Gasteiger partial charge in [-0.2, -0.15) is 0 Å². The number of methoxy groups -OCH3 is 1. The maximum atomic E-state index is 12.3. The zero-order valence-electron chi connectivity index (χ0n) is 24.0. The first-order chi connectivity index (χ1) is 19.8. The highest BCUT2D eigenvalue weighted by Crippen LogP contribution is 2.39. The Balaban J connectivity index is 1.55. The standard InChI is InChI=1S/C31H35N7O2S/c1-7-28(39)33-24-16-25(27(40-6)17-23(24)32-12-8-13-37(3)4)35-31-34-22-11-14-41-30(22)29(36-31)21-18-38(5)26-10-9-19(2)15-20(21)26/h7,9-11,14-18,32H,1,8,12-13H2,2-6H3,(H,33,39)(H,34,35,36). The Hall–Kier alpha value is -4.41. The van der Waals surface area contributed by atoms with Crippen LogP contribution in [0.2, 0.25) is 0 Å². The SMILES string of the molecule is C=CC(=O)Nc1cc(Nc2nc(-c3cn(C)c4ccc(C)cc34)c3sccc3n2)c(OC)cc1NCCCN(C)C. The zero-order chi connectivity index (χ0) is 29.1. The van der Waals surface area contributed by atoms with Gasteiger partial charge in [0, 0.05) is 42.3 Å². The summed E-state index contributed by atoms with van der Waals surface area (Å²) in [5.74, 6) is 0.719. The first kappa shape index (κ1) is 28.1. The summed E-state index contributed by atoms with van der Waals surface area (Å²) in [5.41, 5.74) is 7.07. The maximum Gasteiger partial charge on any atom is 0.247 e. The number of nitrogens with zero attached hydrogens (tertiary/aromatic N) is 4. The number of hydrogen-bond acceptors (Lipinski definition) is 8. The lowest BCUT2D eigenvalue weighted by molar-refractivity contribution is -0.111. The lowest BCUT2D eigenvalue weighted by Gasteiger charge is -2.18. The number of aryl methyl sites for hydroxylation is 2. The number of benzene rings is 2. The van der Waals surface area contributed by atoms with Crippen LogP contribution in [0, 0.1) is 6.92 Å². The highest BCUT2D eigenvalue weighted by molar-refractivity contribution is 7.17. The van der Waals surface area contributed by atoms with E-state index in [1.807, 2.05) is 44.7 Å². The number of carbonyl (C=O) groups excluding carboxylic acids is 1. The number of thiophene rings is 1. The van der Waals surface area contributed by atoms with E-state index in [0.29, 0.717) is 23.1 Å². The van der Waals surface area contributed by atoms with Gasteiger partial charge in [0.2, 0.25) is 11.9 Å². The molecule has 5 rings (SSSR count). The van der Waals surface area contributed by atoms with Gasteiger partial charge in [-0.3, -0.25) is 4.79 Å². The number of hydrogen-bond donors (Lipinski definition) is 3. The van der Waals surface area contributed by atoms with E-state index in [1.165, 1.54) is 11.6 Å². The molecule has 0 spiro atoms. The normalized spacial score (nSPS) is 11.3. The smallest absolute Gasteiger partial charge is 0.247 e. The highest BCUT2D eigenvalue weighted by atomic mass is 32.1. The Morgan fingerprint density at radius 3 is 2.73 bits per heavy atom. The van der Waals surface area contributed by atoms with E-state index < -0.39 is 0 Å². The number of carbonyl (C=O) groups is 1. The first-order valence-corrected chi connectivity index (χ1v) is 14.3. The second-order valence-electron chi connectivity index (χ2n) is 10.2. The summed E-state index contributed by atoms with van der Waals surface area (Å²) in [6.07, 6.45) is 4.31. The lowest BCUT2D eigenvalue weighted by atomic mass is 10.1. The van der Waals surface area contributed by atoms with E-state index in [1.54, 1.807) is 18.4 Å². The molecule has 0 bridgehead atoms. The number of nitrogens with one attached hydrogen (secondary N) is 3. The molecule has 41 heavy (non-hydrogen) atoms. The third kappa shape index (κ3) is 6.03. The van der Waals surface area contributed by atoms with Crippen LogP contribution in [0.4, 0.5) is 23.0 Å². The third-order valence-electron chi connectivity index (χ3n) is 6.83. The summed E-state index contributed by atoms with van der Waals surface area (Å²) < 4.78 is 8.90.